The van der Waals surface area contributed by atoms with Gasteiger partial charge in [0.2, 0.25) is 0 Å². The fourth-order valence-electron chi connectivity index (χ4n) is 2.34. The number of esters is 1. The Hall–Kier alpha value is -2.72. The number of allylic oxidation sites excluding steroid dienone is 1. The Bertz CT molecular complexity index is 705. The van der Waals surface area contributed by atoms with Crippen LogP contribution in [-0.2, 0) is 14.3 Å². The molecule has 124 valence electrons. The van der Waals surface area contributed by atoms with Gasteiger partial charge in [-0.3, -0.25) is 4.79 Å². The number of Topliss-reactive ketones (excluding diaryl/α,β-unsaturated/α-hetero) is 1. The van der Waals surface area contributed by atoms with Crippen molar-refractivity contribution in [3.8, 4) is 0 Å². The smallest absolute Gasteiger partial charge is 0.339 e. The van der Waals surface area contributed by atoms with Crippen LogP contribution in [0, 0.1) is 0 Å². The maximum Gasteiger partial charge on any atom is 0.339 e. The molecule has 0 bridgehead atoms. The molecule has 0 heterocycles. The molecule has 0 radical (unpaired) electrons. The monoisotopic (exact) mass is 324 g/mol. The van der Waals surface area contributed by atoms with E-state index >= 15 is 0 Å². The molecule has 0 aliphatic heterocycles. The number of hydrogen-bond donors (Lipinski definition) is 0. The first-order valence-electron chi connectivity index (χ1n) is 7.60. The van der Waals surface area contributed by atoms with Gasteiger partial charge in [0.05, 0.1) is 7.11 Å². The summed E-state index contributed by atoms with van der Waals surface area (Å²) < 4.78 is 9.92. The summed E-state index contributed by atoms with van der Waals surface area (Å²) in [7, 11) is 2.74. The van der Waals surface area contributed by atoms with E-state index in [0.717, 1.165) is 11.1 Å². The molecule has 0 saturated carbocycles. The molecule has 1 atom stereocenters. The van der Waals surface area contributed by atoms with E-state index in [0.29, 0.717) is 5.56 Å². The number of methoxy groups -OCH3 is 2. The van der Waals surface area contributed by atoms with E-state index in [9.17, 15) is 9.59 Å². The molecule has 0 amide bonds. The van der Waals surface area contributed by atoms with Crippen molar-refractivity contribution in [2.24, 2.45) is 0 Å². The van der Waals surface area contributed by atoms with Crippen molar-refractivity contribution >= 4 is 17.3 Å². The van der Waals surface area contributed by atoms with Crippen LogP contribution in [0.2, 0.25) is 0 Å². The van der Waals surface area contributed by atoms with Gasteiger partial charge in [0.1, 0.15) is 0 Å². The van der Waals surface area contributed by atoms with Crippen LogP contribution in [0.25, 0.3) is 5.57 Å². The molecule has 0 N–H and O–H groups in total. The first kappa shape index (κ1) is 17.6. The Balaban J connectivity index is 2.33. The lowest BCUT2D eigenvalue weighted by Gasteiger charge is -2.13. The molecule has 24 heavy (non-hydrogen) atoms. The summed E-state index contributed by atoms with van der Waals surface area (Å²) >= 11 is 0. The lowest BCUT2D eigenvalue weighted by Crippen LogP contribution is -2.22. The molecule has 0 saturated heterocycles. The zero-order valence-electron chi connectivity index (χ0n) is 13.8. The highest BCUT2D eigenvalue weighted by Crippen LogP contribution is 2.22. The van der Waals surface area contributed by atoms with Gasteiger partial charge in [-0.15, -0.1) is 0 Å². The van der Waals surface area contributed by atoms with Gasteiger partial charge in [-0.25, -0.2) is 4.79 Å². The Kier molecular flexibility index (Phi) is 6.46. The van der Waals surface area contributed by atoms with E-state index in [-0.39, 0.29) is 12.2 Å². The molecule has 0 aliphatic carbocycles. The lowest BCUT2D eigenvalue weighted by molar-refractivity contribution is -0.149. The van der Waals surface area contributed by atoms with E-state index in [2.05, 4.69) is 0 Å². The Labute approximate surface area is 141 Å². The first-order valence-corrected chi connectivity index (χ1v) is 7.60. The quantitative estimate of drug-likeness (QED) is 0.577. The van der Waals surface area contributed by atoms with Crippen molar-refractivity contribution in [1.82, 2.24) is 0 Å². The second-order valence-corrected chi connectivity index (χ2v) is 5.20. The van der Waals surface area contributed by atoms with Crippen molar-refractivity contribution in [2.75, 3.05) is 14.2 Å². The highest BCUT2D eigenvalue weighted by molar-refractivity contribution is 6.02. The van der Waals surface area contributed by atoms with Crippen molar-refractivity contribution in [2.45, 2.75) is 12.5 Å². The highest BCUT2D eigenvalue weighted by Gasteiger charge is 2.19. The summed E-state index contributed by atoms with van der Waals surface area (Å²) in [5.74, 6) is -0.525. The zero-order valence-corrected chi connectivity index (χ0v) is 13.8. The van der Waals surface area contributed by atoms with Crippen LogP contribution in [0.4, 0.5) is 0 Å². The number of benzene rings is 2. The summed E-state index contributed by atoms with van der Waals surface area (Å²) in [5, 5.41) is 0. The molecule has 2 aromatic carbocycles. The molecule has 4 heteroatoms. The Morgan fingerprint density at radius 3 is 1.96 bits per heavy atom. The standard InChI is InChI=1S/C20H20O4/c1-23-19(20(22)24-2)14-17(15-9-5-3-6-10-15)13-18(21)16-11-7-4-8-12-16/h3-12,14,19H,13H2,1-2H3/b17-14-. The molecular formula is C20H20O4. The van der Waals surface area contributed by atoms with Gasteiger partial charge in [-0.2, -0.15) is 0 Å². The second kappa shape index (κ2) is 8.79. The third-order valence-corrected chi connectivity index (χ3v) is 3.63. The van der Waals surface area contributed by atoms with Crippen molar-refractivity contribution in [3.05, 3.63) is 77.9 Å². The largest absolute Gasteiger partial charge is 0.467 e. The second-order valence-electron chi connectivity index (χ2n) is 5.20. The normalized spacial score (nSPS) is 12.5. The Morgan fingerprint density at radius 2 is 1.46 bits per heavy atom. The maximum absolute atomic E-state index is 12.5. The average molecular weight is 324 g/mol. The third kappa shape index (κ3) is 4.64. The summed E-state index contributed by atoms with van der Waals surface area (Å²) in [5.41, 5.74) is 2.22. The molecule has 0 spiro atoms. The van der Waals surface area contributed by atoms with Crippen LogP contribution in [0.3, 0.4) is 0 Å². The molecule has 4 nitrogen and oxygen atoms in total. The predicted molar refractivity (Wildman–Crippen MR) is 92.6 cm³/mol. The van der Waals surface area contributed by atoms with Crippen LogP contribution in [0.5, 0.6) is 0 Å². The first-order chi connectivity index (χ1) is 11.7. The number of carbonyl (C=O) groups is 2. The van der Waals surface area contributed by atoms with Gasteiger partial charge in [-0.05, 0) is 17.2 Å². The van der Waals surface area contributed by atoms with Gasteiger partial charge in [0.25, 0.3) is 0 Å². The maximum atomic E-state index is 12.5. The molecule has 0 aromatic heterocycles. The minimum atomic E-state index is -0.853. The van der Waals surface area contributed by atoms with Crippen molar-refractivity contribution < 1.29 is 19.1 Å². The van der Waals surface area contributed by atoms with E-state index in [1.807, 2.05) is 48.5 Å². The molecule has 2 aromatic rings. The number of rotatable bonds is 7. The van der Waals surface area contributed by atoms with Crippen LogP contribution in [0.15, 0.2) is 66.7 Å². The van der Waals surface area contributed by atoms with Crippen molar-refractivity contribution in [1.29, 1.82) is 0 Å². The zero-order chi connectivity index (χ0) is 17.4. The van der Waals surface area contributed by atoms with E-state index in [1.54, 1.807) is 18.2 Å². The molecule has 0 aliphatic rings. The average Bonchev–Trinajstić information content (AvgIpc) is 2.65. The Morgan fingerprint density at radius 1 is 0.917 bits per heavy atom. The SMILES string of the molecule is COC(=O)C(/C=C(/CC(=O)c1ccccc1)c1ccccc1)OC. The summed E-state index contributed by atoms with van der Waals surface area (Å²) in [6.07, 6.45) is 0.959. The third-order valence-electron chi connectivity index (χ3n) is 3.63. The number of ketones is 1. The van der Waals surface area contributed by atoms with E-state index < -0.39 is 12.1 Å². The minimum Gasteiger partial charge on any atom is -0.467 e. The topological polar surface area (TPSA) is 52.6 Å². The van der Waals surface area contributed by atoms with Gasteiger partial charge in [-0.1, -0.05) is 60.7 Å². The van der Waals surface area contributed by atoms with Crippen LogP contribution < -0.4 is 0 Å². The summed E-state index contributed by atoms with van der Waals surface area (Å²) in [6, 6.07) is 18.5. The fraction of sp³-hybridized carbons (Fsp3) is 0.200. The van der Waals surface area contributed by atoms with Crippen LogP contribution in [0.1, 0.15) is 22.3 Å². The van der Waals surface area contributed by atoms with Gasteiger partial charge in [0.15, 0.2) is 11.9 Å². The van der Waals surface area contributed by atoms with Gasteiger partial charge in [0, 0.05) is 19.1 Å². The van der Waals surface area contributed by atoms with Gasteiger partial charge < -0.3 is 9.47 Å². The summed E-state index contributed by atoms with van der Waals surface area (Å²) in [6.45, 7) is 0. The predicted octanol–water partition coefficient (Wildman–Crippen LogP) is 3.53. The van der Waals surface area contributed by atoms with Gasteiger partial charge >= 0.3 is 5.97 Å². The molecule has 1 unspecified atom stereocenters. The van der Waals surface area contributed by atoms with E-state index in [4.69, 9.17) is 9.47 Å². The number of carbonyl (C=O) groups excluding carboxylic acids is 2. The van der Waals surface area contributed by atoms with Crippen LogP contribution >= 0.6 is 0 Å². The summed E-state index contributed by atoms with van der Waals surface area (Å²) in [4.78, 5) is 24.3. The van der Waals surface area contributed by atoms with Crippen molar-refractivity contribution in [3.63, 3.8) is 0 Å². The van der Waals surface area contributed by atoms with Crippen LogP contribution in [-0.4, -0.2) is 32.1 Å². The highest BCUT2D eigenvalue weighted by atomic mass is 16.6. The molecular weight excluding hydrogens is 304 g/mol. The minimum absolute atomic E-state index is 0.0228. The molecule has 2 rings (SSSR count). The number of ether oxygens (including phenoxy) is 2. The number of hydrogen-bond acceptors (Lipinski definition) is 4. The van der Waals surface area contributed by atoms with E-state index in [1.165, 1.54) is 14.2 Å². The lowest BCUT2D eigenvalue weighted by atomic mass is 9.96. The fourth-order valence-corrected chi connectivity index (χ4v) is 2.34. The molecule has 0 fully saturated rings.